The van der Waals surface area contributed by atoms with Crippen molar-refractivity contribution in [1.29, 1.82) is 0 Å². The van der Waals surface area contributed by atoms with Crippen LogP contribution in [0.1, 0.15) is 65.0 Å². The van der Waals surface area contributed by atoms with Crippen molar-refractivity contribution in [3.05, 3.63) is 29.1 Å². The maximum Gasteiger partial charge on any atom is 0.356 e. The van der Waals surface area contributed by atoms with E-state index >= 15 is 0 Å². The first-order chi connectivity index (χ1) is 11.7. The smallest absolute Gasteiger partial charge is 0.356 e. The molecule has 0 radical (unpaired) electrons. The summed E-state index contributed by atoms with van der Waals surface area (Å²) in [5.74, 6) is -1.34. The molecule has 140 valence electrons. The maximum absolute atomic E-state index is 11.8. The van der Waals surface area contributed by atoms with Gasteiger partial charge in [0.2, 0.25) is 0 Å². The molecule has 5 nitrogen and oxygen atoms in total. The van der Waals surface area contributed by atoms with E-state index in [0.717, 1.165) is 0 Å². The van der Waals surface area contributed by atoms with Gasteiger partial charge < -0.3 is 9.47 Å². The number of aromatic nitrogens is 1. The van der Waals surface area contributed by atoms with Crippen LogP contribution in [0.25, 0.3) is 0 Å². The van der Waals surface area contributed by atoms with Gasteiger partial charge in [-0.2, -0.15) is 0 Å². The van der Waals surface area contributed by atoms with Gasteiger partial charge >= 0.3 is 11.9 Å². The molecule has 1 aromatic heterocycles. The zero-order chi connectivity index (χ0) is 19.2. The summed E-state index contributed by atoms with van der Waals surface area (Å²) in [5.41, 5.74) is 0.500. The highest BCUT2D eigenvalue weighted by molar-refractivity contribution is 6.27. The van der Waals surface area contributed by atoms with Crippen molar-refractivity contribution in [3.63, 3.8) is 0 Å². The Bertz CT molecular complexity index is 590. The molecule has 0 fully saturated rings. The van der Waals surface area contributed by atoms with Gasteiger partial charge in [-0.1, -0.05) is 6.92 Å². The number of methoxy groups -OCH3 is 2. The fourth-order valence-electron chi connectivity index (χ4n) is 2.47. The minimum absolute atomic E-state index is 0.0200. The van der Waals surface area contributed by atoms with Crippen LogP contribution in [0, 0.1) is 0 Å². The lowest BCUT2D eigenvalue weighted by molar-refractivity contribution is 0.0585. The van der Waals surface area contributed by atoms with Crippen LogP contribution in [-0.2, 0) is 9.47 Å². The van der Waals surface area contributed by atoms with E-state index in [0.29, 0.717) is 24.8 Å². The number of nitrogens with zero attached hydrogens (tertiary/aromatic N) is 1. The fourth-order valence-corrected chi connectivity index (χ4v) is 3.73. The summed E-state index contributed by atoms with van der Waals surface area (Å²) in [7, 11) is 2.46. The monoisotopic (exact) mass is 409 g/mol. The third-order valence-electron chi connectivity index (χ3n) is 3.82. The summed E-state index contributed by atoms with van der Waals surface area (Å²) in [4.78, 5) is 27.0. The molecule has 1 aromatic rings. The van der Waals surface area contributed by atoms with Crippen LogP contribution < -0.4 is 0 Å². The molecule has 25 heavy (non-hydrogen) atoms. The van der Waals surface area contributed by atoms with E-state index in [9.17, 15) is 9.59 Å². The molecular weight excluding hydrogens is 389 g/mol. The molecular formula is C17H22Cl3NO4. The highest BCUT2D eigenvalue weighted by Crippen LogP contribution is 2.39. The Morgan fingerprint density at radius 2 is 1.60 bits per heavy atom. The molecule has 0 amide bonds. The number of carbonyl (C=O) groups excluding carboxylic acids is 2. The standard InChI is InChI=1S/C17H22Cl3NO4/c1-5-17(20,8-10(2)18)9-12(19)11-6-13(15(22)24-3)21-14(7-11)16(23)25-4/h6-7,10,12H,5,8-9H2,1-4H3. The first-order valence-electron chi connectivity index (χ1n) is 7.81. The molecule has 1 rings (SSSR count). The second-order valence-corrected chi connectivity index (χ2v) is 7.89. The number of carbonyl (C=O) groups is 2. The van der Waals surface area contributed by atoms with Crippen molar-refractivity contribution in [2.75, 3.05) is 14.2 Å². The quantitative estimate of drug-likeness (QED) is 0.458. The summed E-state index contributed by atoms with van der Waals surface area (Å²) >= 11 is 19.3. The average molecular weight is 411 g/mol. The largest absolute Gasteiger partial charge is 0.464 e. The summed E-state index contributed by atoms with van der Waals surface area (Å²) in [6.07, 6.45) is 1.66. The van der Waals surface area contributed by atoms with Crippen molar-refractivity contribution in [2.24, 2.45) is 0 Å². The fraction of sp³-hybridized carbons (Fsp3) is 0.588. The predicted molar refractivity (Wildman–Crippen MR) is 98.9 cm³/mol. The number of alkyl halides is 3. The van der Waals surface area contributed by atoms with Crippen molar-refractivity contribution in [2.45, 2.75) is 48.7 Å². The van der Waals surface area contributed by atoms with Crippen LogP contribution in [0.5, 0.6) is 0 Å². The summed E-state index contributed by atoms with van der Waals surface area (Å²) in [6.45, 7) is 3.83. The van der Waals surface area contributed by atoms with Gasteiger partial charge in [-0.15, -0.1) is 34.8 Å². The molecule has 1 heterocycles. The normalized spacial score (nSPS) is 15.8. The molecule has 0 saturated heterocycles. The molecule has 0 aliphatic rings. The Labute approximate surface area is 162 Å². The third kappa shape index (κ3) is 6.32. The lowest BCUT2D eigenvalue weighted by atomic mass is 9.91. The van der Waals surface area contributed by atoms with Crippen LogP contribution in [0.15, 0.2) is 12.1 Å². The van der Waals surface area contributed by atoms with Gasteiger partial charge in [-0.3, -0.25) is 0 Å². The SMILES string of the molecule is CCC(Cl)(CC(C)Cl)CC(Cl)c1cc(C(=O)OC)nc(C(=O)OC)c1. The minimum atomic E-state index is -0.669. The van der Waals surface area contributed by atoms with E-state index in [1.807, 2.05) is 13.8 Å². The molecule has 0 aliphatic heterocycles. The topological polar surface area (TPSA) is 65.5 Å². The van der Waals surface area contributed by atoms with Crippen LogP contribution in [0.2, 0.25) is 0 Å². The number of hydrogen-bond acceptors (Lipinski definition) is 5. The Morgan fingerprint density at radius 1 is 1.12 bits per heavy atom. The van der Waals surface area contributed by atoms with Gasteiger partial charge in [0.05, 0.1) is 19.6 Å². The van der Waals surface area contributed by atoms with Crippen LogP contribution in [0.4, 0.5) is 0 Å². The maximum atomic E-state index is 11.8. The number of rotatable bonds is 8. The van der Waals surface area contributed by atoms with E-state index in [1.165, 1.54) is 26.4 Å². The second-order valence-electron chi connectivity index (χ2n) is 5.82. The van der Waals surface area contributed by atoms with E-state index in [2.05, 4.69) is 14.5 Å². The van der Waals surface area contributed by atoms with Gasteiger partial charge in [-0.25, -0.2) is 14.6 Å². The number of ether oxygens (including phenoxy) is 2. The molecule has 3 atom stereocenters. The first-order valence-corrected chi connectivity index (χ1v) is 9.06. The molecule has 0 aromatic carbocycles. The molecule has 0 bridgehead atoms. The Kier molecular flexibility index (Phi) is 8.45. The summed E-state index contributed by atoms with van der Waals surface area (Å²) in [6, 6.07) is 2.99. The van der Waals surface area contributed by atoms with Gasteiger partial charge in [0.1, 0.15) is 11.4 Å². The zero-order valence-corrected chi connectivity index (χ0v) is 16.9. The molecule has 0 spiro atoms. The lowest BCUT2D eigenvalue weighted by Crippen LogP contribution is -2.25. The Morgan fingerprint density at radius 3 is 1.96 bits per heavy atom. The predicted octanol–water partition coefficient (Wildman–Crippen LogP) is 4.73. The zero-order valence-electron chi connectivity index (χ0n) is 14.6. The van der Waals surface area contributed by atoms with Crippen LogP contribution in [-0.4, -0.2) is 41.4 Å². The number of hydrogen-bond donors (Lipinski definition) is 0. The van der Waals surface area contributed by atoms with Gasteiger partial charge in [0.25, 0.3) is 0 Å². The van der Waals surface area contributed by atoms with Crippen molar-refractivity contribution < 1.29 is 19.1 Å². The Balaban J connectivity index is 3.20. The van der Waals surface area contributed by atoms with E-state index in [1.54, 1.807) is 0 Å². The lowest BCUT2D eigenvalue weighted by Gasteiger charge is -2.29. The number of pyridine rings is 1. The molecule has 3 unspecified atom stereocenters. The third-order valence-corrected chi connectivity index (χ3v) is 4.96. The molecule has 0 aliphatic carbocycles. The van der Waals surface area contributed by atoms with Crippen molar-refractivity contribution in [1.82, 2.24) is 4.98 Å². The van der Waals surface area contributed by atoms with Crippen LogP contribution >= 0.6 is 34.8 Å². The molecule has 0 N–H and O–H groups in total. The highest BCUT2D eigenvalue weighted by Gasteiger charge is 2.31. The van der Waals surface area contributed by atoms with Crippen molar-refractivity contribution >= 4 is 46.7 Å². The van der Waals surface area contributed by atoms with E-state index in [4.69, 9.17) is 34.8 Å². The summed E-state index contributed by atoms with van der Waals surface area (Å²) in [5, 5.41) is -0.641. The summed E-state index contributed by atoms with van der Waals surface area (Å²) < 4.78 is 9.35. The minimum Gasteiger partial charge on any atom is -0.464 e. The molecule has 0 saturated carbocycles. The van der Waals surface area contributed by atoms with E-state index in [-0.39, 0.29) is 16.8 Å². The second kappa shape index (κ2) is 9.60. The van der Waals surface area contributed by atoms with Crippen molar-refractivity contribution in [3.8, 4) is 0 Å². The highest BCUT2D eigenvalue weighted by atomic mass is 35.5. The van der Waals surface area contributed by atoms with Gasteiger partial charge in [0.15, 0.2) is 0 Å². The average Bonchev–Trinajstić information content (AvgIpc) is 2.58. The Hall–Kier alpha value is -1.04. The number of halogens is 3. The van der Waals surface area contributed by atoms with E-state index < -0.39 is 22.2 Å². The number of esters is 2. The molecule has 8 heteroatoms. The van der Waals surface area contributed by atoms with Gasteiger partial charge in [0, 0.05) is 10.3 Å². The van der Waals surface area contributed by atoms with Crippen LogP contribution in [0.3, 0.4) is 0 Å². The van der Waals surface area contributed by atoms with Gasteiger partial charge in [-0.05, 0) is 43.9 Å². The first kappa shape index (κ1) is 22.0.